The molecule has 2 rings (SSSR count). The summed E-state index contributed by atoms with van der Waals surface area (Å²) >= 11 is 0. The van der Waals surface area contributed by atoms with Crippen LogP contribution in [0, 0.1) is 20.8 Å². The third-order valence-electron chi connectivity index (χ3n) is 3.34. The summed E-state index contributed by atoms with van der Waals surface area (Å²) < 4.78 is 5.42. The van der Waals surface area contributed by atoms with Gasteiger partial charge in [-0.1, -0.05) is 17.7 Å². The van der Waals surface area contributed by atoms with E-state index in [9.17, 15) is 0 Å². The maximum Gasteiger partial charge on any atom is 0.122 e. The van der Waals surface area contributed by atoms with E-state index in [0.29, 0.717) is 0 Å². The number of aryl methyl sites for hydroxylation is 3. The number of rotatable bonds is 4. The van der Waals surface area contributed by atoms with Crippen LogP contribution in [0.15, 0.2) is 34.9 Å². The molecule has 3 N–H and O–H groups in total. The second-order valence-electron chi connectivity index (χ2n) is 4.82. The molecule has 18 heavy (non-hydrogen) atoms. The van der Waals surface area contributed by atoms with Crippen molar-refractivity contribution < 1.29 is 4.42 Å². The highest BCUT2D eigenvalue weighted by Crippen LogP contribution is 2.23. The normalized spacial score (nSPS) is 12.7. The smallest absolute Gasteiger partial charge is 0.122 e. The zero-order chi connectivity index (χ0) is 13.1. The van der Waals surface area contributed by atoms with Crippen LogP contribution >= 0.6 is 0 Å². The number of nitrogens with one attached hydrogen (secondary N) is 1. The molecule has 0 aliphatic rings. The molecule has 0 aliphatic heterocycles. The molecule has 0 amide bonds. The molecule has 0 radical (unpaired) electrons. The lowest BCUT2D eigenvalue weighted by Gasteiger charge is -2.17. The Balaban J connectivity index is 2.28. The minimum atomic E-state index is 0.0140. The Morgan fingerprint density at radius 3 is 2.39 bits per heavy atom. The Labute approximate surface area is 108 Å². The molecule has 1 aromatic heterocycles. The Morgan fingerprint density at radius 2 is 1.89 bits per heavy atom. The second-order valence-corrected chi connectivity index (χ2v) is 4.82. The van der Waals surface area contributed by atoms with Gasteiger partial charge in [0.1, 0.15) is 5.76 Å². The molecule has 0 saturated carbocycles. The van der Waals surface area contributed by atoms with E-state index in [1.807, 2.05) is 12.1 Å². The van der Waals surface area contributed by atoms with Crippen molar-refractivity contribution in [2.75, 3.05) is 0 Å². The minimum absolute atomic E-state index is 0.0140. The van der Waals surface area contributed by atoms with E-state index >= 15 is 0 Å². The van der Waals surface area contributed by atoms with Gasteiger partial charge < -0.3 is 4.42 Å². The highest BCUT2D eigenvalue weighted by Gasteiger charge is 2.15. The first kappa shape index (κ1) is 12.9. The first-order valence-electron chi connectivity index (χ1n) is 6.18. The number of furan rings is 1. The molecule has 1 unspecified atom stereocenters. The van der Waals surface area contributed by atoms with Crippen LogP contribution in [0.5, 0.6) is 0 Å². The van der Waals surface area contributed by atoms with E-state index in [1.165, 1.54) is 22.3 Å². The van der Waals surface area contributed by atoms with Crippen LogP contribution in [-0.4, -0.2) is 0 Å². The SMILES string of the molecule is Cc1cc(C)c(CC(NN)c2ccco2)c(C)c1. The number of benzene rings is 1. The Kier molecular flexibility index (Phi) is 3.84. The molecule has 3 nitrogen and oxygen atoms in total. The summed E-state index contributed by atoms with van der Waals surface area (Å²) in [5, 5.41) is 0. The third kappa shape index (κ3) is 2.63. The van der Waals surface area contributed by atoms with Gasteiger partial charge in [-0.05, 0) is 56.0 Å². The van der Waals surface area contributed by atoms with Crippen LogP contribution < -0.4 is 11.3 Å². The number of nitrogens with two attached hydrogens (primary N) is 1. The number of hydrogen-bond acceptors (Lipinski definition) is 3. The first-order valence-corrected chi connectivity index (χ1v) is 6.18. The van der Waals surface area contributed by atoms with Gasteiger partial charge in [0.15, 0.2) is 0 Å². The van der Waals surface area contributed by atoms with E-state index < -0.39 is 0 Å². The zero-order valence-electron chi connectivity index (χ0n) is 11.2. The summed E-state index contributed by atoms with van der Waals surface area (Å²) in [6, 6.07) is 8.26. The maximum atomic E-state index is 5.63. The summed E-state index contributed by atoms with van der Waals surface area (Å²) in [6.45, 7) is 6.41. The Hall–Kier alpha value is -1.58. The molecule has 1 atom stereocenters. The average Bonchev–Trinajstić information content (AvgIpc) is 2.81. The van der Waals surface area contributed by atoms with Crippen molar-refractivity contribution in [3.63, 3.8) is 0 Å². The molecule has 3 heteroatoms. The minimum Gasteiger partial charge on any atom is -0.468 e. The molecular weight excluding hydrogens is 224 g/mol. The quantitative estimate of drug-likeness (QED) is 0.642. The van der Waals surface area contributed by atoms with Gasteiger partial charge in [0.2, 0.25) is 0 Å². The van der Waals surface area contributed by atoms with Crippen molar-refractivity contribution in [1.82, 2.24) is 5.43 Å². The summed E-state index contributed by atoms with van der Waals surface area (Å²) in [4.78, 5) is 0. The first-order chi connectivity index (χ1) is 8.61. The van der Waals surface area contributed by atoms with Crippen molar-refractivity contribution in [2.45, 2.75) is 33.2 Å². The molecule has 0 saturated heterocycles. The van der Waals surface area contributed by atoms with Gasteiger partial charge in [-0.15, -0.1) is 0 Å². The summed E-state index contributed by atoms with van der Waals surface area (Å²) in [6.07, 6.45) is 2.51. The van der Waals surface area contributed by atoms with Crippen LogP contribution in [0.3, 0.4) is 0 Å². The summed E-state index contributed by atoms with van der Waals surface area (Å²) in [5.74, 6) is 6.50. The Morgan fingerprint density at radius 1 is 1.22 bits per heavy atom. The van der Waals surface area contributed by atoms with Crippen LogP contribution in [0.25, 0.3) is 0 Å². The maximum absolute atomic E-state index is 5.63. The summed E-state index contributed by atoms with van der Waals surface area (Å²) in [5.41, 5.74) is 8.07. The largest absolute Gasteiger partial charge is 0.468 e. The lowest BCUT2D eigenvalue weighted by molar-refractivity contribution is 0.415. The van der Waals surface area contributed by atoms with E-state index in [4.69, 9.17) is 10.3 Å². The summed E-state index contributed by atoms with van der Waals surface area (Å²) in [7, 11) is 0. The van der Waals surface area contributed by atoms with Crippen LogP contribution in [-0.2, 0) is 6.42 Å². The molecule has 1 heterocycles. The number of hydrazine groups is 1. The predicted molar refractivity (Wildman–Crippen MR) is 73.1 cm³/mol. The fourth-order valence-corrected chi connectivity index (χ4v) is 2.47. The van der Waals surface area contributed by atoms with Crippen molar-refractivity contribution >= 4 is 0 Å². The molecular formula is C15H20N2O. The molecule has 96 valence electrons. The number of hydrogen-bond donors (Lipinski definition) is 2. The molecule has 0 fully saturated rings. The average molecular weight is 244 g/mol. The molecule has 0 spiro atoms. The van der Waals surface area contributed by atoms with Crippen molar-refractivity contribution in [3.05, 3.63) is 58.5 Å². The monoisotopic (exact) mass is 244 g/mol. The second kappa shape index (κ2) is 5.38. The third-order valence-corrected chi connectivity index (χ3v) is 3.34. The van der Waals surface area contributed by atoms with Gasteiger partial charge in [-0.3, -0.25) is 5.84 Å². The molecule has 0 bridgehead atoms. The van der Waals surface area contributed by atoms with E-state index in [0.717, 1.165) is 12.2 Å². The highest BCUT2D eigenvalue weighted by atomic mass is 16.3. The van der Waals surface area contributed by atoms with Crippen molar-refractivity contribution in [1.29, 1.82) is 0 Å². The van der Waals surface area contributed by atoms with Gasteiger partial charge in [0.05, 0.1) is 12.3 Å². The van der Waals surface area contributed by atoms with Gasteiger partial charge in [-0.25, -0.2) is 5.43 Å². The zero-order valence-corrected chi connectivity index (χ0v) is 11.2. The topological polar surface area (TPSA) is 51.2 Å². The van der Waals surface area contributed by atoms with Gasteiger partial charge in [0, 0.05) is 0 Å². The van der Waals surface area contributed by atoms with E-state index in [1.54, 1.807) is 6.26 Å². The standard InChI is InChI=1S/C15H20N2O/c1-10-7-11(2)13(12(3)8-10)9-14(17-16)15-5-4-6-18-15/h4-8,14,17H,9,16H2,1-3H3. The molecule has 1 aromatic carbocycles. The van der Waals surface area contributed by atoms with E-state index in [2.05, 4.69) is 38.3 Å². The van der Waals surface area contributed by atoms with Crippen molar-refractivity contribution in [3.8, 4) is 0 Å². The molecule has 0 aliphatic carbocycles. The predicted octanol–water partition coefficient (Wildman–Crippen LogP) is 2.95. The van der Waals surface area contributed by atoms with Crippen LogP contribution in [0.4, 0.5) is 0 Å². The van der Waals surface area contributed by atoms with Gasteiger partial charge in [-0.2, -0.15) is 0 Å². The van der Waals surface area contributed by atoms with Gasteiger partial charge in [0.25, 0.3) is 0 Å². The van der Waals surface area contributed by atoms with Crippen LogP contribution in [0.1, 0.15) is 34.1 Å². The molecule has 2 aromatic rings. The fourth-order valence-electron chi connectivity index (χ4n) is 2.47. The van der Waals surface area contributed by atoms with E-state index in [-0.39, 0.29) is 6.04 Å². The van der Waals surface area contributed by atoms with Gasteiger partial charge >= 0.3 is 0 Å². The van der Waals surface area contributed by atoms with Crippen molar-refractivity contribution in [2.24, 2.45) is 5.84 Å². The fraction of sp³-hybridized carbons (Fsp3) is 0.333. The highest BCUT2D eigenvalue weighted by molar-refractivity contribution is 5.38. The Bertz CT molecular complexity index is 494. The lowest BCUT2D eigenvalue weighted by atomic mass is 9.94. The lowest BCUT2D eigenvalue weighted by Crippen LogP contribution is -2.29. The van der Waals surface area contributed by atoms with Crippen LogP contribution in [0.2, 0.25) is 0 Å².